The molecule has 0 aliphatic carbocycles. The molecule has 0 atom stereocenters. The predicted octanol–water partition coefficient (Wildman–Crippen LogP) is 2.68. The van der Waals surface area contributed by atoms with Crippen LogP contribution < -0.4 is 0 Å². The van der Waals surface area contributed by atoms with Crippen LogP contribution in [0.2, 0.25) is 0 Å². The second kappa shape index (κ2) is 5.47. The quantitative estimate of drug-likeness (QED) is 0.768. The molecule has 3 nitrogen and oxygen atoms in total. The summed E-state index contributed by atoms with van der Waals surface area (Å²) in [5.74, 6) is -0.416. The van der Waals surface area contributed by atoms with Gasteiger partial charge in [0.25, 0.3) is 0 Å². The molecule has 0 saturated carbocycles. The summed E-state index contributed by atoms with van der Waals surface area (Å²) < 4.78 is 40.9. The molecule has 1 aromatic rings. The van der Waals surface area contributed by atoms with Crippen molar-refractivity contribution in [2.45, 2.75) is 12.6 Å². The zero-order valence-corrected chi connectivity index (χ0v) is 8.99. The molecule has 0 aliphatic heterocycles. The molecular weight excluding hydrogens is 235 g/mol. The van der Waals surface area contributed by atoms with Gasteiger partial charge in [-0.25, -0.2) is 0 Å². The number of esters is 1. The van der Waals surface area contributed by atoms with Crippen LogP contribution in [-0.2, 0) is 15.7 Å². The van der Waals surface area contributed by atoms with Gasteiger partial charge >= 0.3 is 12.1 Å². The zero-order valence-electron chi connectivity index (χ0n) is 8.99. The first-order valence-electron chi connectivity index (χ1n) is 4.70. The molecule has 0 saturated heterocycles. The second-order valence-electron chi connectivity index (χ2n) is 3.16. The van der Waals surface area contributed by atoms with Gasteiger partial charge in [0.2, 0.25) is 0 Å². The van der Waals surface area contributed by atoms with E-state index < -0.39 is 17.8 Å². The second-order valence-corrected chi connectivity index (χ2v) is 3.16. The largest absolute Gasteiger partial charge is 0.469 e. The van der Waals surface area contributed by atoms with E-state index in [4.69, 9.17) is 0 Å². The van der Waals surface area contributed by atoms with Crippen LogP contribution in [0.15, 0.2) is 24.4 Å². The van der Waals surface area contributed by atoms with Gasteiger partial charge < -0.3 is 4.74 Å². The monoisotopic (exact) mass is 245 g/mol. The Bertz CT molecular complexity index is 410. The number of methoxy groups -OCH3 is 1. The highest BCUT2D eigenvalue weighted by Crippen LogP contribution is 2.27. The minimum Gasteiger partial charge on any atom is -0.469 e. The van der Waals surface area contributed by atoms with E-state index in [9.17, 15) is 18.0 Å². The maximum atomic E-state index is 12.2. The van der Waals surface area contributed by atoms with Crippen LogP contribution in [0.25, 0.3) is 6.08 Å². The van der Waals surface area contributed by atoms with Crippen molar-refractivity contribution >= 4 is 12.0 Å². The lowest BCUT2D eigenvalue weighted by atomic mass is 10.2. The first-order chi connectivity index (χ1) is 7.93. The smallest absolute Gasteiger partial charge is 0.433 e. The molecule has 17 heavy (non-hydrogen) atoms. The van der Waals surface area contributed by atoms with E-state index in [-0.39, 0.29) is 6.42 Å². The van der Waals surface area contributed by atoms with Crippen molar-refractivity contribution in [3.05, 3.63) is 35.7 Å². The number of nitrogens with zero attached hydrogens (tertiary/aromatic N) is 1. The normalized spacial score (nSPS) is 11.8. The average Bonchev–Trinajstić information content (AvgIpc) is 2.28. The highest BCUT2D eigenvalue weighted by atomic mass is 19.4. The van der Waals surface area contributed by atoms with Crippen LogP contribution in [0.4, 0.5) is 13.2 Å². The number of alkyl halides is 3. The SMILES string of the molecule is COC(=O)C/C=C/c1ccc(C(F)(F)F)nc1. The molecule has 1 aromatic heterocycles. The van der Waals surface area contributed by atoms with Gasteiger partial charge in [0, 0.05) is 6.20 Å². The van der Waals surface area contributed by atoms with Gasteiger partial charge in [0.1, 0.15) is 5.69 Å². The minimum atomic E-state index is -4.44. The molecule has 1 rings (SSSR count). The van der Waals surface area contributed by atoms with Crippen molar-refractivity contribution in [2.75, 3.05) is 7.11 Å². The summed E-state index contributed by atoms with van der Waals surface area (Å²) in [7, 11) is 1.26. The predicted molar refractivity (Wildman–Crippen MR) is 54.9 cm³/mol. The molecule has 0 unspecified atom stereocenters. The fraction of sp³-hybridized carbons (Fsp3) is 0.273. The van der Waals surface area contributed by atoms with Crippen LogP contribution >= 0.6 is 0 Å². The highest BCUT2D eigenvalue weighted by molar-refractivity contribution is 5.72. The van der Waals surface area contributed by atoms with Crippen molar-refractivity contribution in [3.8, 4) is 0 Å². The Hall–Kier alpha value is -1.85. The molecule has 0 amide bonds. The highest BCUT2D eigenvalue weighted by Gasteiger charge is 2.31. The van der Waals surface area contributed by atoms with Gasteiger partial charge in [-0.3, -0.25) is 9.78 Å². The number of halogens is 3. The maximum Gasteiger partial charge on any atom is 0.433 e. The summed E-state index contributed by atoms with van der Waals surface area (Å²) in [5, 5.41) is 0. The van der Waals surface area contributed by atoms with Gasteiger partial charge in [-0.2, -0.15) is 13.2 Å². The third kappa shape index (κ3) is 4.26. The molecule has 0 N–H and O–H groups in total. The van der Waals surface area contributed by atoms with Crippen LogP contribution in [0.3, 0.4) is 0 Å². The zero-order chi connectivity index (χ0) is 12.9. The minimum absolute atomic E-state index is 0.0670. The maximum absolute atomic E-state index is 12.2. The number of hydrogen-bond donors (Lipinski definition) is 0. The van der Waals surface area contributed by atoms with Gasteiger partial charge in [0.15, 0.2) is 0 Å². The van der Waals surface area contributed by atoms with Crippen molar-refractivity contribution in [2.24, 2.45) is 0 Å². The molecule has 92 valence electrons. The van der Waals surface area contributed by atoms with E-state index in [1.54, 1.807) is 0 Å². The molecule has 6 heteroatoms. The van der Waals surface area contributed by atoms with Crippen molar-refractivity contribution < 1.29 is 22.7 Å². The Kier molecular flexibility index (Phi) is 4.25. The number of ether oxygens (including phenoxy) is 1. The van der Waals surface area contributed by atoms with E-state index in [0.29, 0.717) is 5.56 Å². The third-order valence-corrected chi connectivity index (χ3v) is 1.90. The van der Waals surface area contributed by atoms with Crippen molar-refractivity contribution in [1.82, 2.24) is 4.98 Å². The first kappa shape index (κ1) is 13.2. The summed E-state index contributed by atoms with van der Waals surface area (Å²) in [6.45, 7) is 0. The van der Waals surface area contributed by atoms with E-state index in [1.807, 2.05) is 0 Å². The van der Waals surface area contributed by atoms with E-state index in [0.717, 1.165) is 12.3 Å². The lowest BCUT2D eigenvalue weighted by Gasteiger charge is -2.04. The van der Waals surface area contributed by atoms with Crippen LogP contribution in [-0.4, -0.2) is 18.1 Å². The molecule has 0 spiro atoms. The summed E-state index contributed by atoms with van der Waals surface area (Å²) in [6, 6.07) is 2.17. The molecule has 0 radical (unpaired) electrons. The summed E-state index contributed by atoms with van der Waals surface area (Å²) >= 11 is 0. The number of rotatable bonds is 3. The van der Waals surface area contributed by atoms with Gasteiger partial charge in [-0.05, 0) is 11.6 Å². The Labute approximate surface area is 95.9 Å². The molecule has 1 heterocycles. The molecule has 0 aliphatic rings. The molecule has 0 bridgehead atoms. The van der Waals surface area contributed by atoms with Crippen molar-refractivity contribution in [3.63, 3.8) is 0 Å². The first-order valence-corrected chi connectivity index (χ1v) is 4.70. The number of carbonyl (C=O) groups excluding carboxylic acids is 1. The van der Waals surface area contributed by atoms with Crippen LogP contribution in [0, 0.1) is 0 Å². The standard InChI is InChI=1S/C11H10F3NO2/c1-17-10(16)4-2-3-8-5-6-9(15-7-8)11(12,13)14/h2-3,5-7H,4H2,1H3/b3-2+. The Balaban J connectivity index is 2.66. The van der Waals surface area contributed by atoms with Gasteiger partial charge in [-0.15, -0.1) is 0 Å². The molecule has 0 fully saturated rings. The lowest BCUT2D eigenvalue weighted by Crippen LogP contribution is -2.07. The Morgan fingerprint density at radius 3 is 2.65 bits per heavy atom. The van der Waals surface area contributed by atoms with Gasteiger partial charge in [0.05, 0.1) is 13.5 Å². The van der Waals surface area contributed by atoms with Crippen LogP contribution in [0.1, 0.15) is 17.7 Å². The summed E-state index contributed by atoms with van der Waals surface area (Å²) in [5.41, 5.74) is -0.454. The van der Waals surface area contributed by atoms with Crippen molar-refractivity contribution in [1.29, 1.82) is 0 Å². The lowest BCUT2D eigenvalue weighted by molar-refractivity contribution is -0.141. The number of carbonyl (C=O) groups is 1. The Morgan fingerprint density at radius 2 is 2.18 bits per heavy atom. The Morgan fingerprint density at radius 1 is 1.47 bits per heavy atom. The van der Waals surface area contributed by atoms with E-state index >= 15 is 0 Å². The third-order valence-electron chi connectivity index (χ3n) is 1.90. The number of pyridine rings is 1. The average molecular weight is 245 g/mol. The summed E-state index contributed by atoms with van der Waals surface area (Å²) in [6.07, 6.45) is -0.275. The van der Waals surface area contributed by atoms with E-state index in [1.165, 1.54) is 25.3 Å². The van der Waals surface area contributed by atoms with Crippen LogP contribution in [0.5, 0.6) is 0 Å². The summed E-state index contributed by atoms with van der Waals surface area (Å²) in [4.78, 5) is 14.0. The topological polar surface area (TPSA) is 39.2 Å². The van der Waals surface area contributed by atoms with Gasteiger partial charge in [-0.1, -0.05) is 18.2 Å². The molecular formula is C11H10F3NO2. The number of aromatic nitrogens is 1. The fourth-order valence-electron chi connectivity index (χ4n) is 1.05. The number of hydrogen-bond acceptors (Lipinski definition) is 3. The fourth-order valence-corrected chi connectivity index (χ4v) is 1.05. The van der Waals surface area contributed by atoms with E-state index in [2.05, 4.69) is 9.72 Å². The molecule has 0 aromatic carbocycles.